The maximum absolute atomic E-state index is 6.06. The molecule has 2 saturated heterocycles. The molecule has 0 radical (unpaired) electrons. The Morgan fingerprint density at radius 1 is 1.05 bits per heavy atom. The molecule has 1 aromatic heterocycles. The van der Waals surface area contributed by atoms with Crippen molar-refractivity contribution < 1.29 is 0 Å². The molecule has 0 N–H and O–H groups in total. The second-order valence-corrected chi connectivity index (χ2v) is 6.91. The highest BCUT2D eigenvalue weighted by Crippen LogP contribution is 2.24. The van der Waals surface area contributed by atoms with Crippen LogP contribution < -0.4 is 9.80 Å². The Morgan fingerprint density at radius 2 is 1.74 bits per heavy atom. The average molecular weight is 300 g/mol. The molecule has 0 amide bonds. The first-order chi connectivity index (χ1) is 9.22. The van der Waals surface area contributed by atoms with E-state index in [1.165, 1.54) is 12.8 Å². The van der Waals surface area contributed by atoms with E-state index in [0.717, 1.165) is 43.8 Å². The molecule has 1 atom stereocenters. The lowest BCUT2D eigenvalue weighted by Gasteiger charge is -2.31. The molecule has 0 aromatic carbocycles. The van der Waals surface area contributed by atoms with Crippen molar-refractivity contribution >= 4 is 35.3 Å². The molecule has 3 heterocycles. The van der Waals surface area contributed by atoms with E-state index in [-0.39, 0.29) is 0 Å². The van der Waals surface area contributed by atoms with Crippen molar-refractivity contribution in [2.75, 3.05) is 41.7 Å². The first-order valence-corrected chi connectivity index (χ1v) is 8.18. The van der Waals surface area contributed by atoms with Crippen LogP contribution in [-0.2, 0) is 0 Å². The number of hydrogen-bond donors (Lipinski definition) is 0. The van der Waals surface area contributed by atoms with Crippen LogP contribution in [0.1, 0.15) is 19.8 Å². The van der Waals surface area contributed by atoms with Gasteiger partial charge >= 0.3 is 0 Å². The molecule has 0 bridgehead atoms. The van der Waals surface area contributed by atoms with Crippen LogP contribution in [0.5, 0.6) is 0 Å². The summed E-state index contributed by atoms with van der Waals surface area (Å²) in [6.45, 7) is 6.23. The van der Waals surface area contributed by atoms with Gasteiger partial charge < -0.3 is 9.80 Å². The lowest BCUT2D eigenvalue weighted by Crippen LogP contribution is -2.38. The van der Waals surface area contributed by atoms with Gasteiger partial charge in [0.2, 0.25) is 17.2 Å². The number of halogens is 1. The number of nitrogens with zero attached hydrogens (tertiary/aromatic N) is 5. The zero-order valence-corrected chi connectivity index (χ0v) is 12.6. The molecule has 7 heteroatoms. The van der Waals surface area contributed by atoms with Crippen molar-refractivity contribution in [3.05, 3.63) is 5.28 Å². The topological polar surface area (TPSA) is 45.2 Å². The summed E-state index contributed by atoms with van der Waals surface area (Å²) in [6, 6.07) is 0. The Bertz CT molecular complexity index is 452. The van der Waals surface area contributed by atoms with Crippen LogP contribution in [0.15, 0.2) is 0 Å². The van der Waals surface area contributed by atoms with E-state index in [4.69, 9.17) is 11.6 Å². The predicted molar refractivity (Wildman–Crippen MR) is 80.4 cm³/mol. The smallest absolute Gasteiger partial charge is 0.231 e. The molecule has 104 valence electrons. The Labute approximate surface area is 122 Å². The maximum atomic E-state index is 6.06. The third kappa shape index (κ3) is 3.05. The van der Waals surface area contributed by atoms with Crippen molar-refractivity contribution in [2.45, 2.75) is 25.0 Å². The summed E-state index contributed by atoms with van der Waals surface area (Å²) in [4.78, 5) is 17.6. The molecular formula is C12H18ClN5S. The van der Waals surface area contributed by atoms with E-state index in [1.54, 1.807) is 0 Å². The van der Waals surface area contributed by atoms with Gasteiger partial charge in [0.15, 0.2) is 0 Å². The molecule has 5 nitrogen and oxygen atoms in total. The fraction of sp³-hybridized carbons (Fsp3) is 0.750. The molecule has 3 rings (SSSR count). The SMILES string of the molecule is CC1CN(c2nc(Cl)nc(N3CCCC3)n2)CCS1. The van der Waals surface area contributed by atoms with Crippen molar-refractivity contribution in [3.8, 4) is 0 Å². The number of aromatic nitrogens is 3. The minimum atomic E-state index is 0.303. The standard InChI is InChI=1S/C12H18ClN5S/c1-9-8-18(6-7-19-9)12-15-10(13)14-11(16-12)17-4-2-3-5-17/h9H,2-8H2,1H3. The second kappa shape index (κ2) is 5.71. The van der Waals surface area contributed by atoms with Gasteiger partial charge in [-0.3, -0.25) is 0 Å². The van der Waals surface area contributed by atoms with Gasteiger partial charge in [0.25, 0.3) is 0 Å². The van der Waals surface area contributed by atoms with Crippen molar-refractivity contribution in [1.29, 1.82) is 0 Å². The van der Waals surface area contributed by atoms with Crippen molar-refractivity contribution in [3.63, 3.8) is 0 Å². The van der Waals surface area contributed by atoms with E-state index < -0.39 is 0 Å². The van der Waals surface area contributed by atoms with Crippen molar-refractivity contribution in [2.24, 2.45) is 0 Å². The van der Waals surface area contributed by atoms with Crippen LogP contribution >= 0.6 is 23.4 Å². The number of rotatable bonds is 2. The average Bonchev–Trinajstić information content (AvgIpc) is 2.92. The Morgan fingerprint density at radius 3 is 2.42 bits per heavy atom. The molecule has 0 saturated carbocycles. The van der Waals surface area contributed by atoms with Crippen LogP contribution in [0.2, 0.25) is 5.28 Å². The van der Waals surface area contributed by atoms with Gasteiger partial charge in [-0.05, 0) is 24.4 Å². The minimum absolute atomic E-state index is 0.303. The molecular weight excluding hydrogens is 282 g/mol. The monoisotopic (exact) mass is 299 g/mol. The summed E-state index contributed by atoms with van der Waals surface area (Å²) >= 11 is 8.06. The number of hydrogen-bond acceptors (Lipinski definition) is 6. The summed E-state index contributed by atoms with van der Waals surface area (Å²) in [5.74, 6) is 2.58. The normalized spacial score (nSPS) is 24.0. The number of thioether (sulfide) groups is 1. The van der Waals surface area contributed by atoms with Crippen LogP contribution in [0.25, 0.3) is 0 Å². The zero-order chi connectivity index (χ0) is 13.2. The first-order valence-electron chi connectivity index (χ1n) is 6.75. The van der Waals surface area contributed by atoms with Gasteiger partial charge in [-0.15, -0.1) is 0 Å². The second-order valence-electron chi connectivity index (χ2n) is 5.03. The van der Waals surface area contributed by atoms with Crippen LogP contribution in [0.3, 0.4) is 0 Å². The third-order valence-electron chi connectivity index (χ3n) is 3.50. The van der Waals surface area contributed by atoms with E-state index in [0.29, 0.717) is 10.5 Å². The highest BCUT2D eigenvalue weighted by atomic mass is 35.5. The number of anilines is 2. The quantitative estimate of drug-likeness (QED) is 0.833. The molecule has 19 heavy (non-hydrogen) atoms. The molecule has 1 unspecified atom stereocenters. The van der Waals surface area contributed by atoms with Gasteiger partial charge in [0.1, 0.15) is 0 Å². The molecule has 1 aromatic rings. The summed E-state index contributed by atoms with van der Waals surface area (Å²) in [7, 11) is 0. The van der Waals surface area contributed by atoms with E-state index in [2.05, 4.69) is 31.7 Å². The maximum Gasteiger partial charge on any atom is 0.231 e. The fourth-order valence-corrected chi connectivity index (χ4v) is 3.69. The summed E-state index contributed by atoms with van der Waals surface area (Å²) in [5.41, 5.74) is 0. The third-order valence-corrected chi connectivity index (χ3v) is 4.80. The highest BCUT2D eigenvalue weighted by molar-refractivity contribution is 8.00. The van der Waals surface area contributed by atoms with Gasteiger partial charge in [-0.25, -0.2) is 0 Å². The molecule has 0 aliphatic carbocycles. The lowest BCUT2D eigenvalue weighted by atomic mass is 10.4. The summed E-state index contributed by atoms with van der Waals surface area (Å²) in [6.07, 6.45) is 2.41. The lowest BCUT2D eigenvalue weighted by molar-refractivity contribution is 0.744. The molecule has 2 fully saturated rings. The first kappa shape index (κ1) is 13.2. The largest absolute Gasteiger partial charge is 0.341 e. The zero-order valence-electron chi connectivity index (χ0n) is 11.0. The van der Waals surface area contributed by atoms with E-state index in [9.17, 15) is 0 Å². The highest BCUT2D eigenvalue weighted by Gasteiger charge is 2.22. The Hall–Kier alpha value is -0.750. The van der Waals surface area contributed by atoms with Crippen molar-refractivity contribution in [1.82, 2.24) is 15.0 Å². The van der Waals surface area contributed by atoms with Gasteiger partial charge in [-0.1, -0.05) is 6.92 Å². The fourth-order valence-electron chi connectivity index (χ4n) is 2.53. The van der Waals surface area contributed by atoms with Gasteiger partial charge in [-0.2, -0.15) is 26.7 Å². The Kier molecular flexibility index (Phi) is 3.98. The predicted octanol–water partition coefficient (Wildman–Crippen LogP) is 2.07. The van der Waals surface area contributed by atoms with Crippen LogP contribution in [0, 0.1) is 0 Å². The molecule has 0 spiro atoms. The molecule has 2 aliphatic rings. The summed E-state index contributed by atoms with van der Waals surface area (Å²) < 4.78 is 0. The van der Waals surface area contributed by atoms with E-state index >= 15 is 0 Å². The van der Waals surface area contributed by atoms with Crippen LogP contribution in [-0.4, -0.2) is 52.1 Å². The van der Waals surface area contributed by atoms with Crippen LogP contribution in [0.4, 0.5) is 11.9 Å². The summed E-state index contributed by atoms with van der Waals surface area (Å²) in [5, 5.41) is 0.914. The molecule has 2 aliphatic heterocycles. The van der Waals surface area contributed by atoms with Gasteiger partial charge in [0.05, 0.1) is 0 Å². The van der Waals surface area contributed by atoms with Gasteiger partial charge in [0, 0.05) is 37.2 Å². The Balaban J connectivity index is 1.84. The minimum Gasteiger partial charge on any atom is -0.341 e. The van der Waals surface area contributed by atoms with E-state index in [1.807, 2.05) is 11.8 Å².